The van der Waals surface area contributed by atoms with Gasteiger partial charge in [-0.2, -0.15) is 4.39 Å². The second kappa shape index (κ2) is 7.14. The standard InChI is InChI=1S/C12H13ClF2N2O3/c1-2-8(3-4-13)16-12(18)9-5-7(14)6-10(11(9)15)17(19)20/h5-6,8H,2-4H2,1H3,(H,16,18). The summed E-state index contributed by atoms with van der Waals surface area (Å²) in [5, 5.41) is 13.0. The number of nitro groups is 1. The van der Waals surface area contributed by atoms with Crippen LogP contribution in [0.5, 0.6) is 0 Å². The number of carbonyl (C=O) groups is 1. The first-order valence-corrected chi connectivity index (χ1v) is 6.44. The van der Waals surface area contributed by atoms with Gasteiger partial charge >= 0.3 is 5.69 Å². The maximum absolute atomic E-state index is 13.8. The van der Waals surface area contributed by atoms with E-state index in [1.165, 1.54) is 0 Å². The van der Waals surface area contributed by atoms with Gasteiger partial charge in [-0.05, 0) is 18.9 Å². The number of alkyl halides is 1. The SMILES string of the molecule is CCC(CCCl)NC(=O)c1cc(F)cc([N+](=O)[O-])c1F. The van der Waals surface area contributed by atoms with Gasteiger partial charge in [-0.25, -0.2) is 4.39 Å². The minimum absolute atomic E-state index is 0.296. The molecule has 0 saturated heterocycles. The molecule has 0 fully saturated rings. The number of carbonyl (C=O) groups excluding carboxylic acids is 1. The monoisotopic (exact) mass is 306 g/mol. The second-order valence-corrected chi connectivity index (χ2v) is 4.48. The number of nitrogens with zero attached hydrogens (tertiary/aromatic N) is 1. The maximum Gasteiger partial charge on any atom is 0.308 e. The van der Waals surface area contributed by atoms with Gasteiger partial charge in [0.05, 0.1) is 16.6 Å². The summed E-state index contributed by atoms with van der Waals surface area (Å²) in [4.78, 5) is 21.4. The van der Waals surface area contributed by atoms with E-state index in [0.717, 1.165) is 0 Å². The number of hydrogen-bond acceptors (Lipinski definition) is 3. The van der Waals surface area contributed by atoms with Crippen molar-refractivity contribution >= 4 is 23.2 Å². The Balaban J connectivity index is 3.06. The highest BCUT2D eigenvalue weighted by molar-refractivity contribution is 6.17. The van der Waals surface area contributed by atoms with Gasteiger partial charge in [0, 0.05) is 11.9 Å². The van der Waals surface area contributed by atoms with E-state index in [1.54, 1.807) is 6.92 Å². The molecule has 0 aliphatic carbocycles. The maximum atomic E-state index is 13.8. The molecule has 20 heavy (non-hydrogen) atoms. The van der Waals surface area contributed by atoms with Crippen molar-refractivity contribution in [2.45, 2.75) is 25.8 Å². The van der Waals surface area contributed by atoms with Crippen LogP contribution in [0, 0.1) is 21.7 Å². The Labute approximate surface area is 119 Å². The van der Waals surface area contributed by atoms with Crippen LogP contribution in [0.1, 0.15) is 30.1 Å². The van der Waals surface area contributed by atoms with Crippen LogP contribution in [0.15, 0.2) is 12.1 Å². The van der Waals surface area contributed by atoms with Crippen molar-refractivity contribution in [3.05, 3.63) is 39.4 Å². The van der Waals surface area contributed by atoms with Gasteiger partial charge < -0.3 is 5.32 Å². The normalized spacial score (nSPS) is 12.0. The lowest BCUT2D eigenvalue weighted by molar-refractivity contribution is -0.387. The average Bonchev–Trinajstić information content (AvgIpc) is 2.39. The Morgan fingerprint density at radius 3 is 2.65 bits per heavy atom. The van der Waals surface area contributed by atoms with Gasteiger partial charge in [0.25, 0.3) is 5.91 Å². The topological polar surface area (TPSA) is 72.2 Å². The van der Waals surface area contributed by atoms with E-state index in [0.29, 0.717) is 30.9 Å². The van der Waals surface area contributed by atoms with E-state index in [4.69, 9.17) is 11.6 Å². The molecule has 1 rings (SSSR count). The number of halogens is 3. The van der Waals surface area contributed by atoms with E-state index in [9.17, 15) is 23.7 Å². The van der Waals surface area contributed by atoms with E-state index < -0.39 is 33.7 Å². The Morgan fingerprint density at radius 1 is 1.50 bits per heavy atom. The van der Waals surface area contributed by atoms with Crippen molar-refractivity contribution in [3.8, 4) is 0 Å². The Bertz CT molecular complexity index is 526. The summed E-state index contributed by atoms with van der Waals surface area (Å²) in [6.07, 6.45) is 1.01. The number of nitro benzene ring substituents is 1. The lowest BCUT2D eigenvalue weighted by Gasteiger charge is -2.15. The fraction of sp³-hybridized carbons (Fsp3) is 0.417. The Kier molecular flexibility index (Phi) is 5.82. The van der Waals surface area contributed by atoms with Gasteiger partial charge in [-0.3, -0.25) is 14.9 Å². The van der Waals surface area contributed by atoms with Gasteiger partial charge in [0.15, 0.2) is 0 Å². The fourth-order valence-electron chi connectivity index (χ4n) is 1.65. The van der Waals surface area contributed by atoms with Gasteiger partial charge in [-0.15, -0.1) is 11.6 Å². The van der Waals surface area contributed by atoms with Crippen LogP contribution in [0.3, 0.4) is 0 Å². The molecule has 8 heteroatoms. The predicted molar refractivity (Wildman–Crippen MR) is 69.9 cm³/mol. The number of hydrogen-bond donors (Lipinski definition) is 1. The van der Waals surface area contributed by atoms with Crippen LogP contribution in [0.4, 0.5) is 14.5 Å². The summed E-state index contributed by atoms with van der Waals surface area (Å²) in [6.45, 7) is 1.79. The molecule has 0 aromatic heterocycles. The van der Waals surface area contributed by atoms with Gasteiger partial charge in [0.1, 0.15) is 5.82 Å². The largest absolute Gasteiger partial charge is 0.349 e. The van der Waals surface area contributed by atoms with E-state index in [2.05, 4.69) is 5.32 Å². The third kappa shape index (κ3) is 3.86. The zero-order chi connectivity index (χ0) is 15.3. The Morgan fingerprint density at radius 2 is 2.15 bits per heavy atom. The molecule has 5 nitrogen and oxygen atoms in total. The third-order valence-electron chi connectivity index (χ3n) is 2.75. The van der Waals surface area contributed by atoms with Crippen LogP contribution < -0.4 is 5.32 Å². The van der Waals surface area contributed by atoms with Crippen LogP contribution >= 0.6 is 11.6 Å². The molecular weight excluding hydrogens is 294 g/mol. The van der Waals surface area contributed by atoms with E-state index in [1.807, 2.05) is 0 Å². The molecule has 1 aromatic carbocycles. The summed E-state index contributed by atoms with van der Waals surface area (Å²) >= 11 is 5.55. The number of amides is 1. The zero-order valence-electron chi connectivity index (χ0n) is 10.7. The van der Waals surface area contributed by atoms with Crippen molar-refractivity contribution in [2.24, 2.45) is 0 Å². The minimum atomic E-state index is -1.35. The van der Waals surface area contributed by atoms with Crippen molar-refractivity contribution in [2.75, 3.05) is 5.88 Å². The molecule has 0 saturated carbocycles. The molecular formula is C12H13ClF2N2O3. The molecule has 0 aliphatic heterocycles. The number of rotatable bonds is 6. The number of nitrogens with one attached hydrogen (secondary N) is 1. The summed E-state index contributed by atoms with van der Waals surface area (Å²) < 4.78 is 27.0. The highest BCUT2D eigenvalue weighted by Crippen LogP contribution is 2.22. The minimum Gasteiger partial charge on any atom is -0.349 e. The average molecular weight is 307 g/mol. The van der Waals surface area contributed by atoms with Gasteiger partial charge in [-0.1, -0.05) is 6.92 Å². The summed E-state index contributed by atoms with van der Waals surface area (Å²) in [6, 6.07) is 0.759. The van der Waals surface area contributed by atoms with E-state index in [-0.39, 0.29) is 6.04 Å². The third-order valence-corrected chi connectivity index (χ3v) is 2.96. The molecule has 0 aliphatic rings. The first-order valence-electron chi connectivity index (χ1n) is 5.91. The number of benzene rings is 1. The van der Waals surface area contributed by atoms with Crippen LogP contribution in [0.2, 0.25) is 0 Å². The van der Waals surface area contributed by atoms with Crippen LogP contribution in [0.25, 0.3) is 0 Å². The quantitative estimate of drug-likeness (QED) is 0.499. The molecule has 0 radical (unpaired) electrons. The predicted octanol–water partition coefficient (Wildman–Crippen LogP) is 3.01. The molecule has 1 atom stereocenters. The lowest BCUT2D eigenvalue weighted by atomic mass is 10.1. The highest BCUT2D eigenvalue weighted by atomic mass is 35.5. The zero-order valence-corrected chi connectivity index (χ0v) is 11.4. The summed E-state index contributed by atoms with van der Waals surface area (Å²) in [5.41, 5.74) is -1.76. The molecule has 0 bridgehead atoms. The molecule has 0 heterocycles. The molecule has 1 amide bonds. The second-order valence-electron chi connectivity index (χ2n) is 4.10. The molecule has 1 aromatic rings. The summed E-state index contributed by atoms with van der Waals surface area (Å²) in [5.74, 6) is -3.00. The van der Waals surface area contributed by atoms with Gasteiger partial charge in [0.2, 0.25) is 5.82 Å². The van der Waals surface area contributed by atoms with Crippen LogP contribution in [-0.2, 0) is 0 Å². The molecule has 0 spiro atoms. The van der Waals surface area contributed by atoms with Crippen molar-refractivity contribution in [3.63, 3.8) is 0 Å². The Hall–Kier alpha value is -1.76. The summed E-state index contributed by atoms with van der Waals surface area (Å²) in [7, 11) is 0. The first kappa shape index (κ1) is 16.3. The van der Waals surface area contributed by atoms with Crippen molar-refractivity contribution < 1.29 is 18.5 Å². The smallest absolute Gasteiger partial charge is 0.308 e. The fourth-order valence-corrected chi connectivity index (χ4v) is 1.91. The molecule has 1 unspecified atom stereocenters. The van der Waals surface area contributed by atoms with E-state index >= 15 is 0 Å². The lowest BCUT2D eigenvalue weighted by Crippen LogP contribution is -2.35. The molecule has 110 valence electrons. The van der Waals surface area contributed by atoms with Crippen molar-refractivity contribution in [1.29, 1.82) is 0 Å². The van der Waals surface area contributed by atoms with Crippen molar-refractivity contribution in [1.82, 2.24) is 5.32 Å². The first-order chi connectivity index (χ1) is 9.40. The highest BCUT2D eigenvalue weighted by Gasteiger charge is 2.25. The van der Waals surface area contributed by atoms with Crippen LogP contribution in [-0.4, -0.2) is 22.8 Å². The molecule has 1 N–H and O–H groups in total.